The summed E-state index contributed by atoms with van der Waals surface area (Å²) in [4.78, 5) is 8.45. The monoisotopic (exact) mass is 400 g/mol. The highest BCUT2D eigenvalue weighted by Gasteiger charge is 2.34. The van der Waals surface area contributed by atoms with Crippen molar-refractivity contribution in [2.45, 2.75) is 57.2 Å². The van der Waals surface area contributed by atoms with E-state index < -0.39 is 0 Å². The van der Waals surface area contributed by atoms with Crippen LogP contribution in [0.2, 0.25) is 0 Å². The van der Waals surface area contributed by atoms with Gasteiger partial charge in [0.05, 0.1) is 16.9 Å². The molecule has 0 aromatic carbocycles. The van der Waals surface area contributed by atoms with E-state index >= 15 is 0 Å². The Hall–Kier alpha value is -3.17. The minimum Gasteiger partial charge on any atom is -0.399 e. The first-order valence-corrected chi connectivity index (χ1v) is 10.5. The van der Waals surface area contributed by atoms with Gasteiger partial charge in [-0.2, -0.15) is 5.26 Å². The van der Waals surface area contributed by atoms with Crippen LogP contribution in [0.5, 0.6) is 0 Å². The first-order valence-electron chi connectivity index (χ1n) is 10.5. The Morgan fingerprint density at radius 2 is 2.00 bits per heavy atom. The van der Waals surface area contributed by atoms with Crippen molar-refractivity contribution in [3.05, 3.63) is 65.3 Å². The van der Waals surface area contributed by atoms with E-state index in [0.717, 1.165) is 29.1 Å². The third kappa shape index (κ3) is 4.37. The van der Waals surface area contributed by atoms with Crippen LogP contribution >= 0.6 is 0 Å². The van der Waals surface area contributed by atoms with E-state index in [1.54, 1.807) is 12.3 Å². The quantitative estimate of drug-likeness (QED) is 0.729. The smallest absolute Gasteiger partial charge is 0.101 e. The maximum Gasteiger partial charge on any atom is 0.101 e. The summed E-state index contributed by atoms with van der Waals surface area (Å²) in [6, 6.07) is 7.43. The first kappa shape index (κ1) is 20.1. The first-order chi connectivity index (χ1) is 14.5. The summed E-state index contributed by atoms with van der Waals surface area (Å²) in [6.07, 6.45) is 13.7. The Balaban J connectivity index is 0.000000204. The van der Waals surface area contributed by atoms with Crippen LogP contribution in [0.25, 0.3) is 11.8 Å². The van der Waals surface area contributed by atoms with E-state index in [2.05, 4.69) is 39.3 Å². The number of allylic oxidation sites excluding steroid dienone is 1. The van der Waals surface area contributed by atoms with Gasteiger partial charge in [-0.05, 0) is 44.7 Å². The molecule has 0 saturated carbocycles. The number of piperidine rings is 1. The van der Waals surface area contributed by atoms with Gasteiger partial charge in [0, 0.05) is 59.5 Å². The number of aryl methyl sites for hydroxylation is 1. The highest BCUT2D eigenvalue weighted by molar-refractivity contribution is 5.82. The molecule has 5 rings (SSSR count). The highest BCUT2D eigenvalue weighted by atomic mass is 15.1. The van der Waals surface area contributed by atoms with E-state index in [0.29, 0.717) is 29.4 Å². The number of fused-ring (bicyclic) bond motifs is 3. The molecule has 2 saturated heterocycles. The lowest BCUT2D eigenvalue weighted by atomic mass is 9.98. The molecular formula is C24H28N6. The molecule has 0 radical (unpaired) electrons. The minimum absolute atomic E-state index is 0.516. The molecule has 4 heterocycles. The lowest BCUT2D eigenvalue weighted by Crippen LogP contribution is -2.43. The molecule has 6 heteroatoms. The van der Waals surface area contributed by atoms with Crippen LogP contribution in [-0.4, -0.2) is 28.1 Å². The van der Waals surface area contributed by atoms with Gasteiger partial charge < -0.3 is 16.4 Å². The van der Waals surface area contributed by atoms with Crippen molar-refractivity contribution in [1.82, 2.24) is 15.3 Å². The van der Waals surface area contributed by atoms with Crippen LogP contribution in [0, 0.1) is 18.3 Å². The lowest BCUT2D eigenvalue weighted by molar-refractivity contribution is 0.378. The third-order valence-electron chi connectivity index (χ3n) is 6.00. The number of aromatic nitrogens is 2. The van der Waals surface area contributed by atoms with E-state index in [-0.39, 0.29) is 0 Å². The Bertz CT molecular complexity index is 990. The topological polar surface area (TPSA) is 99.6 Å². The fourth-order valence-electron chi connectivity index (χ4n) is 4.51. The Kier molecular flexibility index (Phi) is 5.82. The SMILES string of the molecule is C=C(N)c1cnc2c(c1NC1C[C@H]3CC[C@@H](C1)N3)C=CC2.Cc1ccc(C#N)cn1. The summed E-state index contributed by atoms with van der Waals surface area (Å²) >= 11 is 0. The van der Waals surface area contributed by atoms with Gasteiger partial charge in [-0.25, -0.2) is 0 Å². The second-order valence-corrected chi connectivity index (χ2v) is 8.29. The van der Waals surface area contributed by atoms with Crippen molar-refractivity contribution in [2.24, 2.45) is 5.73 Å². The summed E-state index contributed by atoms with van der Waals surface area (Å²) in [5.74, 6) is 0. The molecule has 2 bridgehead atoms. The Morgan fingerprint density at radius 1 is 1.23 bits per heavy atom. The molecule has 1 aliphatic carbocycles. The Morgan fingerprint density at radius 3 is 2.63 bits per heavy atom. The zero-order valence-corrected chi connectivity index (χ0v) is 17.4. The van der Waals surface area contributed by atoms with Crippen molar-refractivity contribution in [1.29, 1.82) is 5.26 Å². The van der Waals surface area contributed by atoms with Gasteiger partial charge in [-0.15, -0.1) is 0 Å². The molecule has 1 unspecified atom stereocenters. The summed E-state index contributed by atoms with van der Waals surface area (Å²) in [5, 5.41) is 15.8. The number of nitriles is 1. The number of rotatable bonds is 3. The molecule has 3 atom stereocenters. The lowest BCUT2D eigenvalue weighted by Gasteiger charge is -2.31. The number of nitrogens with zero attached hydrogens (tertiary/aromatic N) is 3. The maximum absolute atomic E-state index is 8.34. The van der Waals surface area contributed by atoms with Gasteiger partial charge in [0.1, 0.15) is 6.07 Å². The predicted octanol–water partition coefficient (Wildman–Crippen LogP) is 3.54. The standard InChI is InChI=1S/C17H22N4.C7H6N2/c1-10(18)15-9-19-16-4-2-3-14(16)17(15)21-13-7-11-5-6-12(8-13)20-11;1-6-2-3-7(4-8)5-9-6/h2-3,9,11-13,20H,1,4-8,18H2,(H,19,21);2-3,5H,1H3/t11-,12+,13?;. The van der Waals surface area contributed by atoms with Gasteiger partial charge in [-0.1, -0.05) is 18.7 Å². The number of hydrogen-bond donors (Lipinski definition) is 3. The van der Waals surface area contributed by atoms with Gasteiger partial charge in [0.15, 0.2) is 0 Å². The highest BCUT2D eigenvalue weighted by Crippen LogP contribution is 2.35. The fourth-order valence-corrected chi connectivity index (χ4v) is 4.51. The van der Waals surface area contributed by atoms with Crippen molar-refractivity contribution < 1.29 is 0 Å². The minimum atomic E-state index is 0.516. The molecule has 6 nitrogen and oxygen atoms in total. The summed E-state index contributed by atoms with van der Waals surface area (Å²) in [6.45, 7) is 5.80. The van der Waals surface area contributed by atoms with E-state index in [9.17, 15) is 0 Å². The van der Waals surface area contributed by atoms with Gasteiger partial charge in [0.2, 0.25) is 0 Å². The summed E-state index contributed by atoms with van der Waals surface area (Å²) in [5.41, 5.74) is 12.5. The molecule has 0 amide bonds. The van der Waals surface area contributed by atoms with Crippen LogP contribution in [0.1, 0.15) is 53.8 Å². The number of nitrogens with two attached hydrogens (primary N) is 1. The molecule has 2 fully saturated rings. The Labute approximate surface area is 177 Å². The molecular weight excluding hydrogens is 372 g/mol. The average molecular weight is 401 g/mol. The van der Waals surface area contributed by atoms with Gasteiger partial charge in [0.25, 0.3) is 0 Å². The molecule has 2 aromatic rings. The predicted molar refractivity (Wildman–Crippen MR) is 120 cm³/mol. The van der Waals surface area contributed by atoms with E-state index in [4.69, 9.17) is 11.0 Å². The van der Waals surface area contributed by atoms with Crippen LogP contribution in [0.15, 0.2) is 37.2 Å². The summed E-state index contributed by atoms with van der Waals surface area (Å²) < 4.78 is 0. The van der Waals surface area contributed by atoms with Crippen LogP contribution in [0.3, 0.4) is 0 Å². The zero-order valence-electron chi connectivity index (χ0n) is 17.4. The number of hydrogen-bond acceptors (Lipinski definition) is 6. The average Bonchev–Trinajstić information content (AvgIpc) is 3.35. The van der Waals surface area contributed by atoms with Crippen molar-refractivity contribution in [3.8, 4) is 6.07 Å². The molecule has 2 aliphatic heterocycles. The van der Waals surface area contributed by atoms with Crippen molar-refractivity contribution in [2.75, 3.05) is 5.32 Å². The number of nitrogens with one attached hydrogen (secondary N) is 2. The van der Waals surface area contributed by atoms with Gasteiger partial charge in [-0.3, -0.25) is 9.97 Å². The normalized spacial score (nSPS) is 23.1. The van der Waals surface area contributed by atoms with Gasteiger partial charge >= 0.3 is 0 Å². The van der Waals surface area contributed by atoms with Crippen molar-refractivity contribution in [3.63, 3.8) is 0 Å². The van der Waals surface area contributed by atoms with Crippen LogP contribution in [-0.2, 0) is 6.42 Å². The van der Waals surface area contributed by atoms with Crippen LogP contribution < -0.4 is 16.4 Å². The molecule has 3 aliphatic rings. The largest absolute Gasteiger partial charge is 0.399 e. The van der Waals surface area contributed by atoms with Crippen molar-refractivity contribution >= 4 is 17.5 Å². The third-order valence-corrected chi connectivity index (χ3v) is 6.00. The number of pyridine rings is 2. The second kappa shape index (κ2) is 8.68. The molecule has 0 spiro atoms. The van der Waals surface area contributed by atoms with Crippen LogP contribution in [0.4, 0.5) is 5.69 Å². The molecule has 30 heavy (non-hydrogen) atoms. The second-order valence-electron chi connectivity index (χ2n) is 8.29. The zero-order chi connectivity index (χ0) is 21.1. The summed E-state index contributed by atoms with van der Waals surface area (Å²) in [7, 11) is 0. The molecule has 4 N–H and O–H groups in total. The molecule has 154 valence electrons. The molecule has 2 aromatic heterocycles. The van der Waals surface area contributed by atoms with E-state index in [1.165, 1.54) is 31.2 Å². The number of anilines is 1. The van der Waals surface area contributed by atoms with E-state index in [1.807, 2.05) is 25.3 Å². The fraction of sp³-hybridized carbons (Fsp3) is 0.375. The maximum atomic E-state index is 8.34.